The van der Waals surface area contributed by atoms with Gasteiger partial charge in [0.25, 0.3) is 0 Å². The van der Waals surface area contributed by atoms with Gasteiger partial charge >= 0.3 is 18.3 Å². The molecule has 9 nitrogen and oxygen atoms in total. The maximum Gasteiger partial charge on any atom is 0.410 e. The number of hydrogen-bond acceptors (Lipinski definition) is 6. The van der Waals surface area contributed by atoms with Crippen molar-refractivity contribution < 1.29 is 28.6 Å². The maximum atomic E-state index is 13.8. The Morgan fingerprint density at radius 3 is 1.97 bits per heavy atom. The lowest BCUT2D eigenvalue weighted by Crippen LogP contribution is -2.50. The van der Waals surface area contributed by atoms with Gasteiger partial charge in [-0.05, 0) is 153 Å². The van der Waals surface area contributed by atoms with Crippen LogP contribution in [0.15, 0.2) is 11.6 Å². The van der Waals surface area contributed by atoms with Crippen molar-refractivity contribution in [2.24, 2.45) is 40.4 Å². The summed E-state index contributed by atoms with van der Waals surface area (Å²) in [5.74, 6) is 4.13. The summed E-state index contributed by atoms with van der Waals surface area (Å²) >= 11 is 0. The van der Waals surface area contributed by atoms with Crippen molar-refractivity contribution in [1.82, 2.24) is 15.5 Å². The predicted octanol–water partition coefficient (Wildman–Crippen LogP) is 13.4. The van der Waals surface area contributed by atoms with Gasteiger partial charge in [-0.1, -0.05) is 98.1 Å². The summed E-state index contributed by atoms with van der Waals surface area (Å²) < 4.78 is 17.1. The van der Waals surface area contributed by atoms with Crippen molar-refractivity contribution >= 4 is 18.3 Å². The molecule has 0 aromatic heterocycles. The van der Waals surface area contributed by atoms with Crippen molar-refractivity contribution in [2.45, 2.75) is 222 Å². The molecule has 342 valence electrons. The number of rotatable bonds is 19. The van der Waals surface area contributed by atoms with E-state index in [1.54, 1.807) is 5.57 Å². The Kier molecular flexibility index (Phi) is 20.4. The molecular formula is C50H91N3O6. The number of carbonyl (C=O) groups is 3. The Hall–Kier alpha value is -2.45. The van der Waals surface area contributed by atoms with E-state index in [0.29, 0.717) is 38.0 Å². The first-order chi connectivity index (χ1) is 27.8. The highest BCUT2D eigenvalue weighted by Crippen LogP contribution is 2.67. The summed E-state index contributed by atoms with van der Waals surface area (Å²) in [7, 11) is 0. The largest absolute Gasteiger partial charge is 0.446 e. The van der Waals surface area contributed by atoms with Crippen LogP contribution in [0.3, 0.4) is 0 Å². The molecular weight excluding hydrogens is 739 g/mol. The van der Waals surface area contributed by atoms with E-state index in [-0.39, 0.29) is 23.7 Å². The van der Waals surface area contributed by atoms with E-state index in [1.165, 1.54) is 57.8 Å². The summed E-state index contributed by atoms with van der Waals surface area (Å²) in [5, 5.41) is 5.68. The molecule has 7 atom stereocenters. The average Bonchev–Trinajstić information content (AvgIpc) is 3.48. The van der Waals surface area contributed by atoms with Crippen molar-refractivity contribution in [2.75, 3.05) is 26.2 Å². The lowest BCUT2D eigenvalue weighted by atomic mass is 9.47. The molecule has 0 heterocycles. The van der Waals surface area contributed by atoms with Crippen LogP contribution in [0.4, 0.5) is 14.4 Å². The lowest BCUT2D eigenvalue weighted by molar-refractivity contribution is -0.0534. The molecule has 2 N–H and O–H groups in total. The summed E-state index contributed by atoms with van der Waals surface area (Å²) in [4.78, 5) is 39.8. The summed E-state index contributed by atoms with van der Waals surface area (Å²) in [6.45, 7) is 27.3. The van der Waals surface area contributed by atoms with E-state index in [1.807, 2.05) is 60.3 Å². The highest BCUT2D eigenvalue weighted by atomic mass is 16.6. The van der Waals surface area contributed by atoms with Gasteiger partial charge in [0.05, 0.1) is 0 Å². The van der Waals surface area contributed by atoms with Gasteiger partial charge in [-0.3, -0.25) is 0 Å². The third-order valence-corrected chi connectivity index (χ3v) is 14.2. The Bertz CT molecular complexity index is 1320. The fourth-order valence-electron chi connectivity index (χ4n) is 11.2. The molecule has 3 saturated carbocycles. The van der Waals surface area contributed by atoms with E-state index in [9.17, 15) is 14.4 Å². The van der Waals surface area contributed by atoms with Crippen LogP contribution in [0.1, 0.15) is 205 Å². The molecule has 4 rings (SSSR count). The number of fused-ring (bicyclic) bond motifs is 5. The van der Waals surface area contributed by atoms with Crippen LogP contribution in [0.5, 0.6) is 0 Å². The number of amides is 3. The molecule has 0 saturated heterocycles. The lowest BCUT2D eigenvalue weighted by Gasteiger charge is -2.58. The fraction of sp³-hybridized carbons (Fsp3) is 0.900. The monoisotopic (exact) mass is 830 g/mol. The third kappa shape index (κ3) is 16.1. The molecule has 0 aliphatic heterocycles. The SMILES string of the molecule is CC.CC(C)CCCCC1CCC2C3CC=C4CC(OC(=O)N(CCCCCCCCNC(=O)OC(C)(C)C)CCCNC(=O)OC(C)(C)C)CCC4(C)C3CCC12C. The summed E-state index contributed by atoms with van der Waals surface area (Å²) in [6.07, 6.45) is 23.4. The molecule has 0 aromatic rings. The molecule has 0 aromatic carbocycles. The van der Waals surface area contributed by atoms with Crippen LogP contribution >= 0.6 is 0 Å². The van der Waals surface area contributed by atoms with Gasteiger partial charge in [-0.25, -0.2) is 14.4 Å². The average molecular weight is 830 g/mol. The van der Waals surface area contributed by atoms with E-state index in [4.69, 9.17) is 14.2 Å². The zero-order valence-corrected chi connectivity index (χ0v) is 40.2. The zero-order valence-electron chi connectivity index (χ0n) is 40.2. The van der Waals surface area contributed by atoms with E-state index in [0.717, 1.165) is 87.4 Å². The standard InChI is InChI=1S/C48H85N3O6.C2H6/c1-35(2)20-15-16-21-36-23-25-40-39-24-22-37-34-38(26-28-48(37,10)41(39)27-29-47(36,40)9)55-44(54)51(33-19-31-50-43(53)57-46(6,7)8)32-18-14-12-11-13-17-30-49-42(52)56-45(3,4)5;1-2/h22,35-36,38-41H,11-21,23-34H2,1-10H3,(H,49,52)(H,50,53);1-2H3. The first-order valence-electron chi connectivity index (χ1n) is 24.4. The van der Waals surface area contributed by atoms with Crippen LogP contribution in [-0.2, 0) is 14.2 Å². The highest BCUT2D eigenvalue weighted by molar-refractivity contribution is 5.68. The smallest absolute Gasteiger partial charge is 0.410 e. The van der Waals surface area contributed by atoms with Crippen molar-refractivity contribution in [3.63, 3.8) is 0 Å². The van der Waals surface area contributed by atoms with Crippen LogP contribution in [0, 0.1) is 40.4 Å². The fourth-order valence-corrected chi connectivity index (χ4v) is 11.2. The van der Waals surface area contributed by atoms with Gasteiger partial charge in [-0.2, -0.15) is 0 Å². The maximum absolute atomic E-state index is 13.8. The van der Waals surface area contributed by atoms with Gasteiger partial charge in [0.1, 0.15) is 17.3 Å². The number of alkyl carbamates (subject to hydrolysis) is 2. The van der Waals surface area contributed by atoms with Crippen LogP contribution in [0.2, 0.25) is 0 Å². The second-order valence-corrected chi connectivity index (χ2v) is 21.3. The Labute approximate surface area is 362 Å². The van der Waals surface area contributed by atoms with Crippen LogP contribution in [-0.4, -0.2) is 66.7 Å². The predicted molar refractivity (Wildman–Crippen MR) is 242 cm³/mol. The third-order valence-electron chi connectivity index (χ3n) is 14.2. The van der Waals surface area contributed by atoms with Crippen LogP contribution in [0.25, 0.3) is 0 Å². The quantitative estimate of drug-likeness (QED) is 0.0763. The number of allylic oxidation sites excluding steroid dienone is 1. The molecule has 9 heteroatoms. The molecule has 7 unspecified atom stereocenters. The molecule has 0 spiro atoms. The van der Waals surface area contributed by atoms with E-state index >= 15 is 0 Å². The number of hydrogen-bond donors (Lipinski definition) is 2. The molecule has 59 heavy (non-hydrogen) atoms. The number of carbonyl (C=O) groups excluding carboxylic acids is 3. The molecule has 4 aliphatic rings. The number of unbranched alkanes of at least 4 members (excludes halogenated alkanes) is 6. The molecule has 0 bridgehead atoms. The minimum atomic E-state index is -0.553. The Morgan fingerprint density at radius 1 is 0.746 bits per heavy atom. The Morgan fingerprint density at radius 2 is 1.34 bits per heavy atom. The van der Waals surface area contributed by atoms with Crippen molar-refractivity contribution in [3.05, 3.63) is 11.6 Å². The van der Waals surface area contributed by atoms with Gasteiger partial charge in [0, 0.05) is 32.6 Å². The van der Waals surface area contributed by atoms with Gasteiger partial charge < -0.3 is 29.7 Å². The van der Waals surface area contributed by atoms with Crippen LogP contribution < -0.4 is 10.6 Å². The molecule has 0 radical (unpaired) electrons. The van der Waals surface area contributed by atoms with Gasteiger partial charge in [0.2, 0.25) is 0 Å². The van der Waals surface area contributed by atoms with E-state index < -0.39 is 17.3 Å². The molecule has 4 aliphatic carbocycles. The number of nitrogens with one attached hydrogen (secondary N) is 2. The Balaban J connectivity index is 0.00000458. The zero-order chi connectivity index (χ0) is 43.9. The first-order valence-corrected chi connectivity index (χ1v) is 24.4. The second-order valence-electron chi connectivity index (χ2n) is 21.3. The van der Waals surface area contributed by atoms with Crippen molar-refractivity contribution in [1.29, 1.82) is 0 Å². The summed E-state index contributed by atoms with van der Waals surface area (Å²) in [5.41, 5.74) is 1.25. The molecule has 3 fully saturated rings. The topological polar surface area (TPSA) is 106 Å². The normalized spacial score (nSPS) is 27.5. The minimum Gasteiger partial charge on any atom is -0.446 e. The minimum absolute atomic E-state index is 0.0828. The molecule has 3 amide bonds. The van der Waals surface area contributed by atoms with Gasteiger partial charge in [-0.15, -0.1) is 0 Å². The highest BCUT2D eigenvalue weighted by Gasteiger charge is 2.58. The first kappa shape index (κ1) is 50.9. The number of nitrogens with zero attached hydrogens (tertiary/aromatic N) is 1. The van der Waals surface area contributed by atoms with Crippen molar-refractivity contribution in [3.8, 4) is 0 Å². The van der Waals surface area contributed by atoms with E-state index in [2.05, 4.69) is 44.4 Å². The number of ether oxygens (including phenoxy) is 3. The van der Waals surface area contributed by atoms with Gasteiger partial charge in [0.15, 0.2) is 0 Å². The second kappa shape index (κ2) is 23.7. The summed E-state index contributed by atoms with van der Waals surface area (Å²) in [6, 6.07) is 0.